The number of hydrogen-bond acceptors (Lipinski definition) is 7. The summed E-state index contributed by atoms with van der Waals surface area (Å²) in [5.74, 6) is -0.0646. The summed E-state index contributed by atoms with van der Waals surface area (Å²) in [6.07, 6.45) is 1.11. The van der Waals surface area contributed by atoms with Gasteiger partial charge in [-0.1, -0.05) is 60.7 Å². The highest BCUT2D eigenvalue weighted by atomic mass is 16.6. The zero-order chi connectivity index (χ0) is 22.3. The first kappa shape index (κ1) is 21.5. The summed E-state index contributed by atoms with van der Waals surface area (Å²) in [6.45, 7) is 2.59. The molecule has 9 nitrogen and oxygen atoms in total. The summed E-state index contributed by atoms with van der Waals surface area (Å²) in [7, 11) is 0. The van der Waals surface area contributed by atoms with Gasteiger partial charge in [0, 0.05) is 6.54 Å². The Morgan fingerprint density at radius 1 is 1.00 bits per heavy atom. The Bertz CT molecular complexity index is 1040. The van der Waals surface area contributed by atoms with Crippen LogP contribution in [0.5, 0.6) is 0 Å². The minimum Gasteiger partial charge on any atom is -0.459 e. The number of carbonyl (C=O) groups excluding carboxylic acids is 2. The molecule has 1 amide bonds. The van der Waals surface area contributed by atoms with Crippen LogP contribution < -0.4 is 0 Å². The van der Waals surface area contributed by atoms with Crippen LogP contribution in [0, 0.1) is 0 Å². The molecule has 32 heavy (non-hydrogen) atoms. The molecule has 0 N–H and O–H groups in total. The first-order valence-corrected chi connectivity index (χ1v) is 10.6. The van der Waals surface area contributed by atoms with E-state index in [0.29, 0.717) is 18.8 Å². The van der Waals surface area contributed by atoms with Gasteiger partial charge in [0.25, 0.3) is 0 Å². The van der Waals surface area contributed by atoms with Crippen molar-refractivity contribution in [2.45, 2.75) is 45.1 Å². The number of esters is 1. The molecule has 1 aromatic heterocycles. The standard InChI is InChI=1S/C23H25N5O4/c1-17(22(29)31-15-18-9-4-2-5-10-18)28-25-21(24-26-28)20-13-8-14-27(20)23(30)32-16-19-11-6-3-7-12-19/h2-7,9-12,17,20H,8,13-16H2,1H3. The van der Waals surface area contributed by atoms with Crippen molar-refractivity contribution in [3.8, 4) is 0 Å². The zero-order valence-corrected chi connectivity index (χ0v) is 17.8. The Hall–Kier alpha value is -3.75. The minimum atomic E-state index is -0.736. The van der Waals surface area contributed by atoms with Crippen molar-refractivity contribution >= 4 is 12.1 Å². The molecule has 3 aromatic rings. The summed E-state index contributed by atoms with van der Waals surface area (Å²) < 4.78 is 10.8. The van der Waals surface area contributed by atoms with E-state index in [1.54, 1.807) is 11.8 Å². The van der Waals surface area contributed by atoms with Crippen molar-refractivity contribution in [3.63, 3.8) is 0 Å². The normalized spacial score (nSPS) is 16.5. The van der Waals surface area contributed by atoms with Gasteiger partial charge in [0.15, 0.2) is 11.9 Å². The Labute approximate surface area is 185 Å². The third kappa shape index (κ3) is 5.11. The van der Waals surface area contributed by atoms with Gasteiger partial charge in [-0.25, -0.2) is 9.59 Å². The van der Waals surface area contributed by atoms with Crippen LogP contribution in [0.4, 0.5) is 4.79 Å². The molecule has 0 radical (unpaired) electrons. The maximum absolute atomic E-state index is 12.6. The topological polar surface area (TPSA) is 99.4 Å². The van der Waals surface area contributed by atoms with Crippen molar-refractivity contribution in [1.29, 1.82) is 0 Å². The van der Waals surface area contributed by atoms with Crippen molar-refractivity contribution in [2.75, 3.05) is 6.54 Å². The fourth-order valence-corrected chi connectivity index (χ4v) is 3.53. The molecule has 9 heteroatoms. The van der Waals surface area contributed by atoms with E-state index in [2.05, 4.69) is 15.4 Å². The summed E-state index contributed by atoms with van der Waals surface area (Å²) in [5, 5.41) is 12.5. The highest BCUT2D eigenvalue weighted by Gasteiger charge is 2.35. The van der Waals surface area contributed by atoms with E-state index in [1.807, 2.05) is 60.7 Å². The predicted octanol–water partition coefficient (Wildman–Crippen LogP) is 3.45. The number of carbonyl (C=O) groups is 2. The number of tetrazole rings is 1. The Morgan fingerprint density at radius 3 is 2.28 bits per heavy atom. The van der Waals surface area contributed by atoms with E-state index < -0.39 is 18.1 Å². The zero-order valence-electron chi connectivity index (χ0n) is 17.8. The second-order valence-corrected chi connectivity index (χ2v) is 7.63. The molecule has 166 valence electrons. The van der Waals surface area contributed by atoms with Crippen molar-refractivity contribution in [3.05, 3.63) is 77.6 Å². The quantitative estimate of drug-likeness (QED) is 0.524. The number of rotatable bonds is 7. The van der Waals surface area contributed by atoms with Crippen LogP contribution >= 0.6 is 0 Å². The molecular formula is C23H25N5O4. The van der Waals surface area contributed by atoms with Crippen molar-refractivity contribution < 1.29 is 19.1 Å². The van der Waals surface area contributed by atoms with E-state index in [-0.39, 0.29) is 19.3 Å². The Morgan fingerprint density at radius 2 is 1.62 bits per heavy atom. The van der Waals surface area contributed by atoms with Crippen molar-refractivity contribution in [2.24, 2.45) is 0 Å². The molecule has 2 atom stereocenters. The van der Waals surface area contributed by atoms with E-state index in [1.165, 1.54) is 4.80 Å². The molecular weight excluding hydrogens is 410 g/mol. The number of benzene rings is 2. The molecule has 1 aliphatic heterocycles. The molecule has 2 heterocycles. The lowest BCUT2D eigenvalue weighted by Gasteiger charge is -2.21. The SMILES string of the molecule is CC(C(=O)OCc1ccccc1)n1nnc(C2CCCN2C(=O)OCc2ccccc2)n1. The van der Waals surface area contributed by atoms with Gasteiger partial charge in [0.1, 0.15) is 13.2 Å². The highest BCUT2D eigenvalue weighted by Crippen LogP contribution is 2.30. The maximum atomic E-state index is 12.6. The fourth-order valence-electron chi connectivity index (χ4n) is 3.53. The number of amides is 1. The molecule has 0 bridgehead atoms. The second-order valence-electron chi connectivity index (χ2n) is 7.63. The molecule has 0 spiro atoms. The average molecular weight is 435 g/mol. The van der Waals surface area contributed by atoms with E-state index >= 15 is 0 Å². The summed E-state index contributed by atoms with van der Waals surface area (Å²) in [6, 6.07) is 17.9. The molecule has 0 aliphatic carbocycles. The molecule has 4 rings (SSSR count). The molecule has 2 aromatic carbocycles. The van der Waals surface area contributed by atoms with E-state index in [9.17, 15) is 9.59 Å². The van der Waals surface area contributed by atoms with Gasteiger partial charge in [-0.3, -0.25) is 4.90 Å². The fraction of sp³-hybridized carbons (Fsp3) is 0.348. The van der Waals surface area contributed by atoms with Crippen LogP contribution in [0.3, 0.4) is 0 Å². The van der Waals surface area contributed by atoms with Crippen LogP contribution in [0.1, 0.15) is 48.8 Å². The predicted molar refractivity (Wildman–Crippen MR) is 114 cm³/mol. The third-order valence-electron chi connectivity index (χ3n) is 5.35. The second kappa shape index (κ2) is 10.0. The number of aromatic nitrogens is 4. The van der Waals surface area contributed by atoms with Gasteiger partial charge in [-0.2, -0.15) is 0 Å². The summed E-state index contributed by atoms with van der Waals surface area (Å²) >= 11 is 0. The molecule has 1 aliphatic rings. The van der Waals surface area contributed by atoms with E-state index in [4.69, 9.17) is 9.47 Å². The minimum absolute atomic E-state index is 0.176. The lowest BCUT2D eigenvalue weighted by molar-refractivity contribution is -0.149. The number of hydrogen-bond donors (Lipinski definition) is 0. The van der Waals surface area contributed by atoms with Gasteiger partial charge in [0.2, 0.25) is 0 Å². The van der Waals surface area contributed by atoms with Crippen LogP contribution in [0.25, 0.3) is 0 Å². The monoisotopic (exact) mass is 435 g/mol. The molecule has 0 saturated carbocycles. The Kier molecular flexibility index (Phi) is 6.74. The number of ether oxygens (including phenoxy) is 2. The number of nitrogens with zero attached hydrogens (tertiary/aromatic N) is 5. The maximum Gasteiger partial charge on any atom is 0.410 e. The Balaban J connectivity index is 1.35. The van der Waals surface area contributed by atoms with Crippen LogP contribution in [-0.4, -0.2) is 43.7 Å². The van der Waals surface area contributed by atoms with Crippen LogP contribution in [0.2, 0.25) is 0 Å². The van der Waals surface area contributed by atoms with Crippen molar-refractivity contribution in [1.82, 2.24) is 25.1 Å². The molecule has 1 saturated heterocycles. The van der Waals surface area contributed by atoms with Crippen LogP contribution in [-0.2, 0) is 27.5 Å². The van der Waals surface area contributed by atoms with Gasteiger partial charge >= 0.3 is 12.1 Å². The third-order valence-corrected chi connectivity index (χ3v) is 5.35. The smallest absolute Gasteiger partial charge is 0.410 e. The van der Waals surface area contributed by atoms with Gasteiger partial charge in [-0.15, -0.1) is 15.0 Å². The van der Waals surface area contributed by atoms with Crippen LogP contribution in [0.15, 0.2) is 60.7 Å². The summed E-state index contributed by atoms with van der Waals surface area (Å²) in [4.78, 5) is 27.9. The molecule has 2 unspecified atom stereocenters. The highest BCUT2D eigenvalue weighted by molar-refractivity contribution is 5.73. The first-order chi connectivity index (χ1) is 15.6. The summed E-state index contributed by atoms with van der Waals surface area (Å²) in [5.41, 5.74) is 1.82. The average Bonchev–Trinajstić information content (AvgIpc) is 3.51. The van der Waals surface area contributed by atoms with Gasteiger partial charge < -0.3 is 9.47 Å². The molecule has 1 fully saturated rings. The largest absolute Gasteiger partial charge is 0.459 e. The first-order valence-electron chi connectivity index (χ1n) is 10.6. The number of likely N-dealkylation sites (tertiary alicyclic amines) is 1. The lowest BCUT2D eigenvalue weighted by Crippen LogP contribution is -2.31. The van der Waals surface area contributed by atoms with E-state index in [0.717, 1.165) is 17.5 Å². The van der Waals surface area contributed by atoms with Gasteiger partial charge in [0.05, 0.1) is 6.04 Å². The van der Waals surface area contributed by atoms with Gasteiger partial charge in [-0.05, 0) is 36.1 Å². The lowest BCUT2D eigenvalue weighted by atomic mass is 10.2.